The lowest BCUT2D eigenvalue weighted by Gasteiger charge is -2.12. The molecule has 9 nitrogen and oxygen atoms in total. The van der Waals surface area contributed by atoms with E-state index in [2.05, 4.69) is 14.6 Å². The van der Waals surface area contributed by atoms with E-state index in [1.54, 1.807) is 25.6 Å². The quantitative estimate of drug-likeness (QED) is 0.681. The van der Waals surface area contributed by atoms with Crippen molar-refractivity contribution in [2.45, 2.75) is 26.5 Å². The number of anilines is 1. The van der Waals surface area contributed by atoms with Gasteiger partial charge in [-0.25, -0.2) is 14.2 Å². The van der Waals surface area contributed by atoms with Crippen molar-refractivity contribution in [3.05, 3.63) is 11.8 Å². The Morgan fingerprint density at radius 1 is 1.58 bits per heavy atom. The van der Waals surface area contributed by atoms with Gasteiger partial charge in [0.1, 0.15) is 5.82 Å². The minimum atomic E-state index is -4.10. The molecular formula is C9H17N5O4S. The summed E-state index contributed by atoms with van der Waals surface area (Å²) >= 11 is 0. The van der Waals surface area contributed by atoms with Crippen molar-refractivity contribution in [1.29, 1.82) is 0 Å². The molecule has 10 heteroatoms. The lowest BCUT2D eigenvalue weighted by molar-refractivity contribution is 0.121. The van der Waals surface area contributed by atoms with Gasteiger partial charge in [-0.2, -0.15) is 13.5 Å². The van der Waals surface area contributed by atoms with Gasteiger partial charge in [0.05, 0.1) is 12.3 Å². The first kappa shape index (κ1) is 15.2. The van der Waals surface area contributed by atoms with E-state index in [0.29, 0.717) is 5.56 Å². The van der Waals surface area contributed by atoms with Gasteiger partial charge < -0.3 is 10.5 Å². The van der Waals surface area contributed by atoms with Gasteiger partial charge in [0.2, 0.25) is 0 Å². The van der Waals surface area contributed by atoms with Gasteiger partial charge in [-0.1, -0.05) is 0 Å². The molecule has 0 spiro atoms. The molecule has 0 saturated carbocycles. The summed E-state index contributed by atoms with van der Waals surface area (Å²) in [6, 6.07) is 0. The number of rotatable bonds is 5. The number of amides is 1. The lowest BCUT2D eigenvalue weighted by Crippen LogP contribution is -2.37. The van der Waals surface area contributed by atoms with Crippen LogP contribution in [0.15, 0.2) is 6.20 Å². The van der Waals surface area contributed by atoms with E-state index in [9.17, 15) is 13.2 Å². The second-order valence-electron chi connectivity index (χ2n) is 4.01. The summed E-state index contributed by atoms with van der Waals surface area (Å²) in [6.45, 7) is 3.32. The maximum absolute atomic E-state index is 11.7. The van der Waals surface area contributed by atoms with E-state index < -0.39 is 22.4 Å². The molecule has 4 N–H and O–H groups in total. The van der Waals surface area contributed by atoms with Crippen molar-refractivity contribution in [2.75, 3.05) is 4.72 Å². The van der Waals surface area contributed by atoms with Crippen molar-refractivity contribution in [3.63, 3.8) is 0 Å². The molecule has 1 aromatic heterocycles. The van der Waals surface area contributed by atoms with Crippen LogP contribution in [-0.4, -0.2) is 30.4 Å². The first-order valence-electron chi connectivity index (χ1n) is 5.47. The molecule has 0 saturated heterocycles. The molecule has 0 aliphatic carbocycles. The Morgan fingerprint density at radius 2 is 2.21 bits per heavy atom. The van der Waals surface area contributed by atoms with Crippen LogP contribution in [0.3, 0.4) is 0 Å². The van der Waals surface area contributed by atoms with Crippen molar-refractivity contribution in [2.24, 2.45) is 12.8 Å². The molecule has 0 aliphatic rings. The van der Waals surface area contributed by atoms with Crippen molar-refractivity contribution < 1.29 is 17.9 Å². The second-order valence-corrected chi connectivity index (χ2v) is 5.42. The second kappa shape index (κ2) is 5.89. The number of nitrogens with two attached hydrogens (primary N) is 1. The van der Waals surface area contributed by atoms with E-state index in [0.717, 1.165) is 0 Å². The van der Waals surface area contributed by atoms with Crippen LogP contribution >= 0.6 is 0 Å². The largest absolute Gasteiger partial charge is 0.446 e. The summed E-state index contributed by atoms with van der Waals surface area (Å²) in [5.41, 5.74) is 5.95. The molecule has 1 rings (SSSR count). The zero-order valence-corrected chi connectivity index (χ0v) is 11.7. The summed E-state index contributed by atoms with van der Waals surface area (Å²) < 4.78 is 33.3. The Labute approximate surface area is 111 Å². The van der Waals surface area contributed by atoms with Crippen LogP contribution in [-0.2, 0) is 28.5 Å². The monoisotopic (exact) mass is 291 g/mol. The maximum Gasteiger partial charge on any atom is 0.422 e. The molecule has 0 unspecified atom stereocenters. The summed E-state index contributed by atoms with van der Waals surface area (Å²) in [4.78, 5) is 11.2. The van der Waals surface area contributed by atoms with Crippen LogP contribution in [0.25, 0.3) is 0 Å². The van der Waals surface area contributed by atoms with Crippen molar-refractivity contribution >= 4 is 22.1 Å². The Balaban J connectivity index is 2.80. The standard InChI is InChI=1S/C9H17N5O4S/c1-6(2)18-9(15)13-19(16,17)12-8-7(4-10)5-11-14(8)3/h5-6,12H,4,10H2,1-3H3,(H,13,15). The molecule has 0 aromatic carbocycles. The molecule has 1 amide bonds. The molecule has 0 aliphatic heterocycles. The zero-order chi connectivity index (χ0) is 14.6. The average molecular weight is 291 g/mol. The highest BCUT2D eigenvalue weighted by Crippen LogP contribution is 2.14. The molecule has 0 radical (unpaired) electrons. The fraction of sp³-hybridized carbons (Fsp3) is 0.556. The first-order valence-corrected chi connectivity index (χ1v) is 6.95. The van der Waals surface area contributed by atoms with Gasteiger partial charge in [0, 0.05) is 19.2 Å². The summed E-state index contributed by atoms with van der Waals surface area (Å²) in [6.07, 6.45) is -0.0462. The predicted molar refractivity (Wildman–Crippen MR) is 68.4 cm³/mol. The Bertz CT molecular complexity index is 551. The fourth-order valence-electron chi connectivity index (χ4n) is 1.26. The number of hydrogen-bond donors (Lipinski definition) is 3. The molecular weight excluding hydrogens is 274 g/mol. The molecule has 0 atom stereocenters. The van der Waals surface area contributed by atoms with E-state index >= 15 is 0 Å². The van der Waals surface area contributed by atoms with Crippen molar-refractivity contribution in [1.82, 2.24) is 14.5 Å². The zero-order valence-electron chi connectivity index (χ0n) is 10.9. The lowest BCUT2D eigenvalue weighted by atomic mass is 10.3. The van der Waals surface area contributed by atoms with Gasteiger partial charge >= 0.3 is 16.3 Å². The Kier molecular flexibility index (Phi) is 4.72. The number of nitrogens with one attached hydrogen (secondary N) is 2. The van der Waals surface area contributed by atoms with Gasteiger partial charge in [-0.3, -0.25) is 4.68 Å². The smallest absolute Gasteiger partial charge is 0.422 e. The third-order valence-electron chi connectivity index (χ3n) is 2.03. The summed E-state index contributed by atoms with van der Waals surface area (Å²) in [5.74, 6) is 0.187. The van der Waals surface area contributed by atoms with Gasteiger partial charge in [-0.15, -0.1) is 0 Å². The summed E-state index contributed by atoms with van der Waals surface area (Å²) in [7, 11) is -2.55. The minimum Gasteiger partial charge on any atom is -0.446 e. The number of aryl methyl sites for hydroxylation is 1. The number of aromatic nitrogens is 2. The third kappa shape index (κ3) is 4.41. The molecule has 1 heterocycles. The Hall–Kier alpha value is -1.81. The Morgan fingerprint density at radius 3 is 2.74 bits per heavy atom. The number of ether oxygens (including phenoxy) is 1. The van der Waals surface area contributed by atoms with Crippen LogP contribution in [0.1, 0.15) is 19.4 Å². The van der Waals surface area contributed by atoms with E-state index in [1.807, 2.05) is 0 Å². The fourth-order valence-corrected chi connectivity index (χ4v) is 2.10. The number of hydrogen-bond acceptors (Lipinski definition) is 6. The average Bonchev–Trinajstić information content (AvgIpc) is 2.57. The maximum atomic E-state index is 11.7. The highest BCUT2D eigenvalue weighted by Gasteiger charge is 2.19. The van der Waals surface area contributed by atoms with Crippen LogP contribution in [0, 0.1) is 0 Å². The molecule has 108 valence electrons. The number of carbonyl (C=O) groups is 1. The van der Waals surface area contributed by atoms with E-state index in [4.69, 9.17) is 5.73 Å². The number of nitrogens with zero attached hydrogens (tertiary/aromatic N) is 2. The van der Waals surface area contributed by atoms with Gasteiger partial charge in [-0.05, 0) is 13.8 Å². The normalized spacial score (nSPS) is 11.4. The molecule has 0 bridgehead atoms. The predicted octanol–water partition coefficient (Wildman–Crippen LogP) is -0.330. The highest BCUT2D eigenvalue weighted by molar-refractivity contribution is 7.91. The molecule has 0 fully saturated rings. The van der Waals surface area contributed by atoms with Crippen LogP contribution < -0.4 is 15.2 Å². The first-order chi connectivity index (χ1) is 8.75. The molecule has 1 aromatic rings. The van der Waals surface area contributed by atoms with Crippen LogP contribution in [0.4, 0.5) is 10.6 Å². The minimum absolute atomic E-state index is 0.113. The summed E-state index contributed by atoms with van der Waals surface area (Å²) in [5, 5.41) is 3.86. The third-order valence-corrected chi connectivity index (χ3v) is 2.92. The van der Waals surface area contributed by atoms with Gasteiger partial charge in [0.25, 0.3) is 0 Å². The van der Waals surface area contributed by atoms with E-state index in [-0.39, 0.29) is 12.4 Å². The molecule has 19 heavy (non-hydrogen) atoms. The highest BCUT2D eigenvalue weighted by atomic mass is 32.2. The topological polar surface area (TPSA) is 128 Å². The SMILES string of the molecule is CC(C)OC(=O)NS(=O)(=O)Nc1c(CN)cnn1C. The van der Waals surface area contributed by atoms with Gasteiger partial charge in [0.15, 0.2) is 0 Å². The van der Waals surface area contributed by atoms with Crippen LogP contribution in [0.5, 0.6) is 0 Å². The van der Waals surface area contributed by atoms with E-state index in [1.165, 1.54) is 10.9 Å². The van der Waals surface area contributed by atoms with Crippen molar-refractivity contribution in [3.8, 4) is 0 Å². The van der Waals surface area contributed by atoms with Crippen LogP contribution in [0.2, 0.25) is 0 Å². The number of carbonyl (C=O) groups excluding carboxylic acids is 1.